The van der Waals surface area contributed by atoms with Crippen LogP contribution in [-0.4, -0.2) is 38.2 Å². The molecule has 3 aromatic rings. The summed E-state index contributed by atoms with van der Waals surface area (Å²) in [5, 5.41) is 6.06. The molecule has 0 aliphatic carbocycles. The van der Waals surface area contributed by atoms with Crippen LogP contribution in [-0.2, 0) is 20.9 Å². The minimum Gasteiger partial charge on any atom is -0.493 e. The predicted octanol–water partition coefficient (Wildman–Crippen LogP) is 2.88. The number of furan rings is 1. The number of methoxy groups -OCH3 is 2. The van der Waals surface area contributed by atoms with E-state index in [1.165, 1.54) is 38.6 Å². The van der Waals surface area contributed by atoms with Gasteiger partial charge in [0.1, 0.15) is 18.2 Å². The van der Waals surface area contributed by atoms with Crippen LogP contribution in [0.5, 0.6) is 11.5 Å². The van der Waals surface area contributed by atoms with Crippen molar-refractivity contribution in [3.05, 3.63) is 77.5 Å². The van der Waals surface area contributed by atoms with Crippen molar-refractivity contribution in [3.63, 3.8) is 0 Å². The molecule has 0 atom stereocenters. The van der Waals surface area contributed by atoms with Gasteiger partial charge in [0.15, 0.2) is 11.5 Å². The van der Waals surface area contributed by atoms with E-state index in [4.69, 9.17) is 13.9 Å². The molecule has 1 heterocycles. The first-order chi connectivity index (χ1) is 16.4. The molecule has 0 spiro atoms. The second kappa shape index (κ2) is 11.3. The highest BCUT2D eigenvalue weighted by Gasteiger charge is 2.14. The number of amides is 2. The van der Waals surface area contributed by atoms with Gasteiger partial charge < -0.3 is 23.9 Å². The van der Waals surface area contributed by atoms with E-state index in [-0.39, 0.29) is 18.1 Å². The van der Waals surface area contributed by atoms with E-state index in [2.05, 4.69) is 20.6 Å². The van der Waals surface area contributed by atoms with Crippen molar-refractivity contribution in [3.8, 4) is 11.5 Å². The summed E-state index contributed by atoms with van der Waals surface area (Å²) in [7, 11) is 2.71. The van der Waals surface area contributed by atoms with Crippen molar-refractivity contribution in [1.29, 1.82) is 0 Å². The van der Waals surface area contributed by atoms with Gasteiger partial charge in [-0.2, -0.15) is 5.10 Å². The van der Waals surface area contributed by atoms with Crippen molar-refractivity contribution in [2.75, 3.05) is 19.5 Å². The second-order valence-electron chi connectivity index (χ2n) is 6.62. The predicted molar refractivity (Wildman–Crippen MR) is 118 cm³/mol. The SMILES string of the molecule is COC(=O)c1ccc(COc2ccc(/C=N/NC(=O)C(=O)Nc3ccc(F)cc3)cc2OC)o1. The second-order valence-corrected chi connectivity index (χ2v) is 6.62. The third-order valence-corrected chi connectivity index (χ3v) is 4.29. The Balaban J connectivity index is 1.55. The lowest BCUT2D eigenvalue weighted by Gasteiger charge is -2.10. The van der Waals surface area contributed by atoms with E-state index in [0.29, 0.717) is 22.8 Å². The topological polar surface area (TPSA) is 128 Å². The van der Waals surface area contributed by atoms with Gasteiger partial charge in [0, 0.05) is 5.69 Å². The fraction of sp³-hybridized carbons (Fsp3) is 0.130. The molecule has 2 amide bonds. The van der Waals surface area contributed by atoms with Crippen LogP contribution in [0.1, 0.15) is 21.9 Å². The molecule has 3 rings (SSSR count). The van der Waals surface area contributed by atoms with Crippen molar-refractivity contribution in [1.82, 2.24) is 5.43 Å². The normalized spacial score (nSPS) is 10.6. The van der Waals surface area contributed by atoms with Crippen LogP contribution >= 0.6 is 0 Å². The molecule has 1 aromatic heterocycles. The monoisotopic (exact) mass is 469 g/mol. The Hall–Kier alpha value is -4.67. The highest BCUT2D eigenvalue weighted by molar-refractivity contribution is 6.39. The Morgan fingerprint density at radius 2 is 1.76 bits per heavy atom. The molecule has 0 aliphatic heterocycles. The number of esters is 1. The lowest BCUT2D eigenvalue weighted by Crippen LogP contribution is -2.32. The summed E-state index contributed by atoms with van der Waals surface area (Å²) in [6, 6.07) is 12.9. The number of ether oxygens (including phenoxy) is 3. The number of halogens is 1. The Bertz CT molecular complexity index is 1210. The minimum absolute atomic E-state index is 0.0417. The highest BCUT2D eigenvalue weighted by atomic mass is 19.1. The quantitative estimate of drug-likeness (QED) is 0.225. The third-order valence-electron chi connectivity index (χ3n) is 4.29. The molecule has 34 heavy (non-hydrogen) atoms. The maximum absolute atomic E-state index is 12.9. The van der Waals surface area contributed by atoms with Crippen LogP contribution in [0.2, 0.25) is 0 Å². The van der Waals surface area contributed by atoms with Gasteiger partial charge in [0.05, 0.1) is 20.4 Å². The number of hydrazone groups is 1. The number of hydrogen-bond acceptors (Lipinski definition) is 8. The van der Waals surface area contributed by atoms with E-state index >= 15 is 0 Å². The Morgan fingerprint density at radius 1 is 1.00 bits per heavy atom. The summed E-state index contributed by atoms with van der Waals surface area (Å²) in [5.41, 5.74) is 2.92. The molecule has 0 saturated carbocycles. The molecule has 2 aromatic carbocycles. The van der Waals surface area contributed by atoms with E-state index in [0.717, 1.165) is 12.1 Å². The van der Waals surface area contributed by atoms with Gasteiger partial charge in [-0.05, 0) is 60.2 Å². The van der Waals surface area contributed by atoms with Gasteiger partial charge in [0.2, 0.25) is 5.76 Å². The molecule has 0 saturated heterocycles. The smallest absolute Gasteiger partial charge is 0.373 e. The summed E-state index contributed by atoms with van der Waals surface area (Å²) in [6.07, 6.45) is 1.31. The van der Waals surface area contributed by atoms with Crippen molar-refractivity contribution in [2.24, 2.45) is 5.10 Å². The zero-order chi connectivity index (χ0) is 24.5. The Morgan fingerprint density at radius 3 is 2.47 bits per heavy atom. The Kier molecular flexibility index (Phi) is 7.95. The highest BCUT2D eigenvalue weighted by Crippen LogP contribution is 2.28. The van der Waals surface area contributed by atoms with Gasteiger partial charge in [-0.25, -0.2) is 14.6 Å². The fourth-order valence-electron chi connectivity index (χ4n) is 2.64. The average molecular weight is 469 g/mol. The number of rotatable bonds is 8. The minimum atomic E-state index is -1.00. The molecule has 2 N–H and O–H groups in total. The summed E-state index contributed by atoms with van der Waals surface area (Å²) in [4.78, 5) is 35.2. The first-order valence-electron chi connectivity index (χ1n) is 9.77. The molecule has 11 heteroatoms. The van der Waals surface area contributed by atoms with E-state index in [9.17, 15) is 18.8 Å². The lowest BCUT2D eigenvalue weighted by molar-refractivity contribution is -0.136. The molecule has 0 unspecified atom stereocenters. The van der Waals surface area contributed by atoms with Gasteiger partial charge >= 0.3 is 17.8 Å². The maximum Gasteiger partial charge on any atom is 0.373 e. The lowest BCUT2D eigenvalue weighted by atomic mass is 10.2. The van der Waals surface area contributed by atoms with Gasteiger partial charge in [-0.1, -0.05) is 0 Å². The molecule has 0 radical (unpaired) electrons. The average Bonchev–Trinajstić information content (AvgIpc) is 3.33. The largest absolute Gasteiger partial charge is 0.493 e. The van der Waals surface area contributed by atoms with Crippen LogP contribution in [0.3, 0.4) is 0 Å². The zero-order valence-corrected chi connectivity index (χ0v) is 18.2. The summed E-state index contributed by atoms with van der Waals surface area (Å²) >= 11 is 0. The van der Waals surface area contributed by atoms with Crippen molar-refractivity contribution >= 4 is 29.7 Å². The van der Waals surface area contributed by atoms with E-state index < -0.39 is 23.6 Å². The molecule has 10 nitrogen and oxygen atoms in total. The number of carbonyl (C=O) groups is 3. The van der Waals surface area contributed by atoms with Crippen LogP contribution < -0.4 is 20.2 Å². The van der Waals surface area contributed by atoms with Gasteiger partial charge in [0.25, 0.3) is 0 Å². The van der Waals surface area contributed by atoms with Gasteiger partial charge in [-0.3, -0.25) is 9.59 Å². The number of carbonyl (C=O) groups excluding carboxylic acids is 3. The molecule has 0 bridgehead atoms. The van der Waals surface area contributed by atoms with Crippen LogP contribution in [0.25, 0.3) is 0 Å². The first kappa shape index (κ1) is 24.0. The molecule has 176 valence electrons. The molecule has 0 aliphatic rings. The fourth-order valence-corrected chi connectivity index (χ4v) is 2.64. The molecule has 0 fully saturated rings. The van der Waals surface area contributed by atoms with Crippen LogP contribution in [0.4, 0.5) is 10.1 Å². The summed E-state index contributed by atoms with van der Waals surface area (Å²) < 4.78 is 33.8. The third kappa shape index (κ3) is 6.42. The number of hydrogen-bond donors (Lipinski definition) is 2. The zero-order valence-electron chi connectivity index (χ0n) is 18.2. The van der Waals surface area contributed by atoms with Crippen molar-refractivity contribution in [2.45, 2.75) is 6.61 Å². The maximum atomic E-state index is 12.9. The number of anilines is 1. The van der Waals surface area contributed by atoms with E-state index in [1.807, 2.05) is 0 Å². The number of benzene rings is 2. The van der Waals surface area contributed by atoms with E-state index in [1.54, 1.807) is 24.3 Å². The standard InChI is InChI=1S/C23H20FN3O7/c1-31-20-11-14(3-9-18(20)33-13-17-8-10-19(34-17)23(30)32-2)12-25-27-22(29)21(28)26-16-6-4-15(24)5-7-16/h3-12H,13H2,1-2H3,(H,26,28)(H,27,29)/b25-12+. The van der Waals surface area contributed by atoms with Crippen LogP contribution in [0, 0.1) is 5.82 Å². The number of nitrogens with zero attached hydrogens (tertiary/aromatic N) is 1. The summed E-state index contributed by atoms with van der Waals surface area (Å²) in [5.74, 6) is -1.76. The van der Waals surface area contributed by atoms with Gasteiger partial charge in [-0.15, -0.1) is 0 Å². The molecular formula is C23H20FN3O7. The Labute approximate surface area is 193 Å². The van der Waals surface area contributed by atoms with Crippen molar-refractivity contribution < 1.29 is 37.4 Å². The first-order valence-corrected chi connectivity index (χ1v) is 9.77. The summed E-state index contributed by atoms with van der Waals surface area (Å²) in [6.45, 7) is 0.0417. The van der Waals surface area contributed by atoms with Crippen LogP contribution in [0.15, 0.2) is 64.1 Å². The number of nitrogens with one attached hydrogen (secondary N) is 2. The molecular weight excluding hydrogens is 449 g/mol.